The molecule has 0 saturated carbocycles. The van der Waals surface area contributed by atoms with E-state index in [4.69, 9.17) is 0 Å². The van der Waals surface area contributed by atoms with Gasteiger partial charge in [0.15, 0.2) is 0 Å². The van der Waals surface area contributed by atoms with Crippen molar-refractivity contribution in [2.24, 2.45) is 0 Å². The topological polar surface area (TPSA) is 40.7 Å². The van der Waals surface area contributed by atoms with Gasteiger partial charge in [-0.2, -0.15) is 5.10 Å². The molecule has 2 aromatic rings. The maximum Gasteiger partial charge on any atom is 0.0565 e. The number of nitrogens with zero attached hydrogens (tertiary/aromatic N) is 1. The molecular weight excluding hydrogens is 290 g/mol. The molecule has 2 heterocycles. The maximum absolute atomic E-state index is 3.98. The standard InChI is InChI=1S/C18H21N3S/c1-2-12-22-18(3-1)9-11-19-10-8-15-4-6-16(7-5-15)17-13-20-21-14-17/h2-7,12-14,19H,1,8-11H2,(H,20,21). The molecule has 0 fully saturated rings. The lowest BCUT2D eigenvalue weighted by atomic mass is 10.1. The molecule has 0 atom stereocenters. The first kappa shape index (κ1) is 15.1. The minimum absolute atomic E-state index is 1.03. The molecule has 0 aliphatic carbocycles. The van der Waals surface area contributed by atoms with E-state index in [1.807, 2.05) is 24.2 Å². The van der Waals surface area contributed by atoms with Gasteiger partial charge in [-0.1, -0.05) is 36.4 Å². The number of benzene rings is 1. The van der Waals surface area contributed by atoms with Gasteiger partial charge < -0.3 is 5.32 Å². The molecule has 0 bridgehead atoms. The van der Waals surface area contributed by atoms with Gasteiger partial charge in [-0.15, -0.1) is 11.8 Å². The monoisotopic (exact) mass is 311 g/mol. The highest BCUT2D eigenvalue weighted by Gasteiger charge is 2.01. The van der Waals surface area contributed by atoms with Crippen molar-refractivity contribution in [3.63, 3.8) is 0 Å². The maximum atomic E-state index is 3.98. The van der Waals surface area contributed by atoms with Gasteiger partial charge in [0.1, 0.15) is 0 Å². The van der Waals surface area contributed by atoms with Crippen LogP contribution in [0.2, 0.25) is 0 Å². The number of hydrogen-bond donors (Lipinski definition) is 2. The Balaban J connectivity index is 1.38. The highest BCUT2D eigenvalue weighted by atomic mass is 32.2. The minimum atomic E-state index is 1.03. The number of H-pyrrole nitrogens is 1. The zero-order valence-electron chi connectivity index (χ0n) is 12.6. The molecule has 4 heteroatoms. The fourth-order valence-electron chi connectivity index (χ4n) is 2.44. The number of thioether (sulfide) groups is 1. The third-order valence-corrected chi connectivity index (χ3v) is 4.72. The first-order valence-electron chi connectivity index (χ1n) is 7.71. The number of allylic oxidation sites excluding steroid dienone is 2. The van der Waals surface area contributed by atoms with Crippen LogP contribution in [0.1, 0.15) is 18.4 Å². The van der Waals surface area contributed by atoms with E-state index in [0.29, 0.717) is 0 Å². The molecule has 3 nitrogen and oxygen atoms in total. The van der Waals surface area contributed by atoms with Crippen molar-refractivity contribution in [3.8, 4) is 11.1 Å². The van der Waals surface area contributed by atoms with E-state index in [0.717, 1.165) is 37.9 Å². The third kappa shape index (κ3) is 4.36. The van der Waals surface area contributed by atoms with E-state index < -0.39 is 0 Å². The first-order valence-corrected chi connectivity index (χ1v) is 8.59. The second-order valence-corrected chi connectivity index (χ2v) is 6.36. The Kier molecular flexibility index (Phi) is 5.51. The van der Waals surface area contributed by atoms with Gasteiger partial charge >= 0.3 is 0 Å². The summed E-state index contributed by atoms with van der Waals surface area (Å²) in [5.74, 6) is 0. The van der Waals surface area contributed by atoms with Gasteiger partial charge in [-0.3, -0.25) is 5.10 Å². The number of aromatic amines is 1. The highest BCUT2D eigenvalue weighted by Crippen LogP contribution is 2.24. The van der Waals surface area contributed by atoms with Crippen LogP contribution in [0.25, 0.3) is 11.1 Å². The summed E-state index contributed by atoms with van der Waals surface area (Å²) < 4.78 is 0. The summed E-state index contributed by atoms with van der Waals surface area (Å²) in [5.41, 5.74) is 3.71. The van der Waals surface area contributed by atoms with Gasteiger partial charge in [-0.25, -0.2) is 0 Å². The van der Waals surface area contributed by atoms with Crippen LogP contribution in [0.3, 0.4) is 0 Å². The normalized spacial score (nSPS) is 14.1. The smallest absolute Gasteiger partial charge is 0.0565 e. The number of aromatic nitrogens is 2. The van der Waals surface area contributed by atoms with E-state index in [2.05, 4.69) is 57.3 Å². The lowest BCUT2D eigenvalue weighted by Crippen LogP contribution is -2.18. The van der Waals surface area contributed by atoms with E-state index in [-0.39, 0.29) is 0 Å². The Labute approximate surface area is 135 Å². The summed E-state index contributed by atoms with van der Waals surface area (Å²) in [6.45, 7) is 2.08. The Morgan fingerprint density at radius 1 is 1.09 bits per heavy atom. The second-order valence-electron chi connectivity index (χ2n) is 5.33. The van der Waals surface area contributed by atoms with Crippen LogP contribution in [-0.4, -0.2) is 23.3 Å². The summed E-state index contributed by atoms with van der Waals surface area (Å²) in [6, 6.07) is 8.73. The van der Waals surface area contributed by atoms with Crippen molar-refractivity contribution in [2.45, 2.75) is 19.3 Å². The highest BCUT2D eigenvalue weighted by molar-refractivity contribution is 8.05. The van der Waals surface area contributed by atoms with Crippen LogP contribution in [0, 0.1) is 0 Å². The first-order chi connectivity index (χ1) is 10.9. The summed E-state index contributed by atoms with van der Waals surface area (Å²) in [5, 5.41) is 12.6. The molecule has 22 heavy (non-hydrogen) atoms. The van der Waals surface area contributed by atoms with Crippen molar-refractivity contribution in [2.75, 3.05) is 13.1 Å². The number of nitrogens with one attached hydrogen (secondary N) is 2. The molecule has 1 aliphatic rings. The van der Waals surface area contributed by atoms with Crippen molar-refractivity contribution in [3.05, 3.63) is 64.7 Å². The van der Waals surface area contributed by atoms with Crippen LogP contribution in [0.5, 0.6) is 0 Å². The summed E-state index contributed by atoms with van der Waals surface area (Å²) in [6.07, 6.45) is 11.6. The van der Waals surface area contributed by atoms with Crippen LogP contribution >= 0.6 is 11.8 Å². The zero-order valence-corrected chi connectivity index (χ0v) is 13.4. The molecule has 0 saturated heterocycles. The van der Waals surface area contributed by atoms with Crippen LogP contribution in [-0.2, 0) is 6.42 Å². The molecular formula is C18H21N3S. The molecule has 1 aromatic carbocycles. The second kappa shape index (κ2) is 8.01. The van der Waals surface area contributed by atoms with Gasteiger partial charge in [0.2, 0.25) is 0 Å². The Bertz CT molecular complexity index is 627. The molecule has 0 spiro atoms. The Hall–Kier alpha value is -1.78. The molecule has 1 aliphatic heterocycles. The van der Waals surface area contributed by atoms with Gasteiger partial charge in [0.05, 0.1) is 6.20 Å². The van der Waals surface area contributed by atoms with E-state index in [1.54, 1.807) is 0 Å². The van der Waals surface area contributed by atoms with Gasteiger partial charge in [0.25, 0.3) is 0 Å². The SMILES string of the molecule is C1=CSC(CCNCCc2ccc(-c3cn[nH]c3)cc2)=CC1. The summed E-state index contributed by atoms with van der Waals surface area (Å²) >= 11 is 1.85. The Morgan fingerprint density at radius 2 is 1.95 bits per heavy atom. The van der Waals surface area contributed by atoms with Crippen molar-refractivity contribution < 1.29 is 0 Å². The molecule has 0 unspecified atom stereocenters. The molecule has 0 radical (unpaired) electrons. The third-order valence-electron chi connectivity index (χ3n) is 3.72. The molecule has 3 rings (SSSR count). The number of rotatable bonds is 7. The lowest BCUT2D eigenvalue weighted by molar-refractivity contribution is 0.686. The summed E-state index contributed by atoms with van der Waals surface area (Å²) in [7, 11) is 0. The quantitative estimate of drug-likeness (QED) is 0.755. The number of hydrogen-bond acceptors (Lipinski definition) is 3. The zero-order chi connectivity index (χ0) is 15.0. The van der Waals surface area contributed by atoms with Gasteiger partial charge in [0, 0.05) is 11.8 Å². The van der Waals surface area contributed by atoms with Crippen LogP contribution in [0.4, 0.5) is 0 Å². The van der Waals surface area contributed by atoms with Crippen molar-refractivity contribution >= 4 is 11.8 Å². The van der Waals surface area contributed by atoms with Crippen LogP contribution in [0.15, 0.2) is 59.1 Å². The molecule has 1 aromatic heterocycles. The van der Waals surface area contributed by atoms with E-state index >= 15 is 0 Å². The predicted octanol–water partition coefficient (Wildman–Crippen LogP) is 4.13. The Morgan fingerprint density at radius 3 is 2.68 bits per heavy atom. The van der Waals surface area contributed by atoms with Crippen LogP contribution < -0.4 is 5.32 Å². The van der Waals surface area contributed by atoms with E-state index in [9.17, 15) is 0 Å². The minimum Gasteiger partial charge on any atom is -0.316 e. The molecule has 2 N–H and O–H groups in total. The van der Waals surface area contributed by atoms with E-state index in [1.165, 1.54) is 16.0 Å². The average molecular weight is 311 g/mol. The van der Waals surface area contributed by atoms with Crippen molar-refractivity contribution in [1.29, 1.82) is 0 Å². The predicted molar refractivity (Wildman–Crippen MR) is 94.6 cm³/mol. The molecule has 114 valence electrons. The lowest BCUT2D eigenvalue weighted by Gasteiger charge is -2.09. The summed E-state index contributed by atoms with van der Waals surface area (Å²) in [4.78, 5) is 1.49. The molecule has 0 amide bonds. The fraction of sp³-hybridized carbons (Fsp3) is 0.278. The van der Waals surface area contributed by atoms with Crippen molar-refractivity contribution in [1.82, 2.24) is 15.5 Å². The fourth-order valence-corrected chi connectivity index (χ4v) is 3.24. The largest absolute Gasteiger partial charge is 0.316 e. The average Bonchev–Trinajstić information content (AvgIpc) is 3.11. The van der Waals surface area contributed by atoms with Gasteiger partial charge in [-0.05, 0) is 53.8 Å².